The molecule has 1 fully saturated rings. The minimum absolute atomic E-state index is 0.279. The van der Waals surface area contributed by atoms with E-state index in [4.69, 9.17) is 5.73 Å². The average molecular weight is 403 g/mol. The molecular weight excluding hydrogens is 378 g/mol. The highest BCUT2D eigenvalue weighted by molar-refractivity contribution is 5.83. The van der Waals surface area contributed by atoms with E-state index >= 15 is 0 Å². The molecule has 4 aromatic rings. The Morgan fingerprint density at radius 3 is 3.00 bits per heavy atom. The number of nitrogens with zero attached hydrogens (tertiary/aromatic N) is 7. The standard InChI is InChI=1S/C21H25N9/c1-14-16(11-29-8-6-17(22)13-29)12-30(27-14)20-5-7-23-21(26-20)25-18-3-4-19-15(9-18)10-24-28(19)2/h3-5,7,9-10,12,17H,6,8,11,13,22H2,1-2H3,(H,23,25,26). The molecule has 1 atom stereocenters. The largest absolute Gasteiger partial charge is 0.326 e. The van der Waals surface area contributed by atoms with Crippen molar-refractivity contribution in [2.75, 3.05) is 18.4 Å². The summed E-state index contributed by atoms with van der Waals surface area (Å²) in [5.74, 6) is 1.25. The summed E-state index contributed by atoms with van der Waals surface area (Å²) in [7, 11) is 1.93. The molecule has 0 amide bonds. The molecule has 3 aromatic heterocycles. The second-order valence-corrected chi connectivity index (χ2v) is 7.87. The molecule has 0 spiro atoms. The second kappa shape index (κ2) is 7.51. The molecule has 1 unspecified atom stereocenters. The van der Waals surface area contributed by atoms with Gasteiger partial charge in [0.2, 0.25) is 5.95 Å². The topological polar surface area (TPSA) is 103 Å². The Balaban J connectivity index is 1.36. The van der Waals surface area contributed by atoms with Gasteiger partial charge in [0.15, 0.2) is 5.82 Å². The van der Waals surface area contributed by atoms with Gasteiger partial charge in [-0.15, -0.1) is 0 Å². The number of nitrogens with two attached hydrogens (primary N) is 1. The van der Waals surface area contributed by atoms with Gasteiger partial charge in [0.1, 0.15) is 0 Å². The molecule has 154 valence electrons. The van der Waals surface area contributed by atoms with Crippen molar-refractivity contribution in [1.29, 1.82) is 0 Å². The zero-order valence-electron chi connectivity index (χ0n) is 17.2. The maximum Gasteiger partial charge on any atom is 0.229 e. The summed E-state index contributed by atoms with van der Waals surface area (Å²) >= 11 is 0. The summed E-state index contributed by atoms with van der Waals surface area (Å²) in [4.78, 5) is 11.4. The number of anilines is 2. The Kier molecular flexibility index (Phi) is 4.68. The number of rotatable bonds is 5. The number of nitrogens with one attached hydrogen (secondary N) is 1. The first-order chi connectivity index (χ1) is 14.5. The van der Waals surface area contributed by atoms with E-state index in [-0.39, 0.29) is 6.04 Å². The molecule has 1 aromatic carbocycles. The molecule has 3 N–H and O–H groups in total. The van der Waals surface area contributed by atoms with Gasteiger partial charge in [0.05, 0.1) is 17.4 Å². The Bertz CT molecular complexity index is 1190. The quantitative estimate of drug-likeness (QED) is 0.526. The third-order valence-electron chi connectivity index (χ3n) is 5.58. The maximum atomic E-state index is 6.03. The first-order valence-electron chi connectivity index (χ1n) is 10.1. The van der Waals surface area contributed by atoms with Gasteiger partial charge in [-0.3, -0.25) is 9.58 Å². The van der Waals surface area contributed by atoms with Gasteiger partial charge in [-0.2, -0.15) is 15.2 Å². The van der Waals surface area contributed by atoms with Crippen molar-refractivity contribution in [3.05, 3.63) is 54.1 Å². The highest BCUT2D eigenvalue weighted by Crippen LogP contribution is 2.21. The van der Waals surface area contributed by atoms with Crippen LogP contribution in [0.1, 0.15) is 17.7 Å². The van der Waals surface area contributed by atoms with E-state index < -0.39 is 0 Å². The molecule has 5 rings (SSSR count). The van der Waals surface area contributed by atoms with Crippen LogP contribution in [0.15, 0.2) is 42.9 Å². The van der Waals surface area contributed by atoms with Crippen LogP contribution < -0.4 is 11.1 Å². The number of benzene rings is 1. The number of likely N-dealkylation sites (tertiary alicyclic amines) is 1. The summed E-state index contributed by atoms with van der Waals surface area (Å²) in [6.07, 6.45) is 6.69. The maximum absolute atomic E-state index is 6.03. The van der Waals surface area contributed by atoms with Crippen molar-refractivity contribution in [2.45, 2.75) is 25.9 Å². The van der Waals surface area contributed by atoms with Gasteiger partial charge in [-0.1, -0.05) is 0 Å². The number of hydrogen-bond donors (Lipinski definition) is 2. The van der Waals surface area contributed by atoms with Gasteiger partial charge in [-0.25, -0.2) is 9.67 Å². The summed E-state index contributed by atoms with van der Waals surface area (Å²) < 4.78 is 3.67. The monoisotopic (exact) mass is 403 g/mol. The fourth-order valence-electron chi connectivity index (χ4n) is 3.92. The summed E-state index contributed by atoms with van der Waals surface area (Å²) in [5, 5.41) is 13.3. The minimum atomic E-state index is 0.279. The lowest BCUT2D eigenvalue weighted by molar-refractivity contribution is 0.326. The van der Waals surface area contributed by atoms with E-state index in [2.05, 4.69) is 30.4 Å². The lowest BCUT2D eigenvalue weighted by Crippen LogP contribution is -2.26. The Morgan fingerprint density at radius 2 is 2.17 bits per heavy atom. The van der Waals surface area contributed by atoms with Crippen molar-refractivity contribution < 1.29 is 0 Å². The molecule has 1 aliphatic heterocycles. The highest BCUT2D eigenvalue weighted by Gasteiger charge is 2.20. The third kappa shape index (κ3) is 3.64. The molecule has 0 saturated carbocycles. The molecular formula is C21H25N9. The summed E-state index contributed by atoms with van der Waals surface area (Å²) in [6, 6.07) is 8.20. The van der Waals surface area contributed by atoms with E-state index in [9.17, 15) is 0 Å². The van der Waals surface area contributed by atoms with Crippen LogP contribution in [0.2, 0.25) is 0 Å². The predicted octanol–water partition coefficient (Wildman–Crippen LogP) is 2.13. The van der Waals surface area contributed by atoms with Gasteiger partial charge in [0.25, 0.3) is 0 Å². The average Bonchev–Trinajstić information content (AvgIpc) is 3.42. The zero-order chi connectivity index (χ0) is 20.7. The van der Waals surface area contributed by atoms with E-state index in [1.807, 2.05) is 60.0 Å². The molecule has 0 aliphatic carbocycles. The van der Waals surface area contributed by atoms with Crippen LogP contribution in [0.4, 0.5) is 11.6 Å². The fourth-order valence-corrected chi connectivity index (χ4v) is 3.92. The van der Waals surface area contributed by atoms with Crippen LogP contribution in [-0.2, 0) is 13.6 Å². The van der Waals surface area contributed by atoms with Crippen molar-refractivity contribution in [1.82, 2.24) is 34.4 Å². The number of hydrogen-bond acceptors (Lipinski definition) is 7. The number of aryl methyl sites for hydroxylation is 2. The minimum Gasteiger partial charge on any atom is -0.326 e. The molecule has 4 heterocycles. The molecule has 9 nitrogen and oxygen atoms in total. The van der Waals surface area contributed by atoms with Crippen LogP contribution in [0.25, 0.3) is 16.7 Å². The van der Waals surface area contributed by atoms with Crippen LogP contribution in [0.3, 0.4) is 0 Å². The van der Waals surface area contributed by atoms with Gasteiger partial charge >= 0.3 is 0 Å². The Hall–Kier alpha value is -3.30. The number of aromatic nitrogens is 6. The van der Waals surface area contributed by atoms with Crippen molar-refractivity contribution in [3.63, 3.8) is 0 Å². The van der Waals surface area contributed by atoms with Crippen molar-refractivity contribution in [2.24, 2.45) is 12.8 Å². The van der Waals surface area contributed by atoms with Crippen molar-refractivity contribution in [3.8, 4) is 5.82 Å². The zero-order valence-corrected chi connectivity index (χ0v) is 17.2. The van der Waals surface area contributed by atoms with Gasteiger partial charge < -0.3 is 11.1 Å². The molecule has 9 heteroatoms. The van der Waals surface area contributed by atoms with E-state index in [1.54, 1.807) is 6.20 Å². The van der Waals surface area contributed by atoms with E-state index in [0.717, 1.165) is 54.2 Å². The van der Waals surface area contributed by atoms with Crippen molar-refractivity contribution >= 4 is 22.5 Å². The number of fused-ring (bicyclic) bond motifs is 1. The normalized spacial score (nSPS) is 17.1. The van der Waals surface area contributed by atoms with Crippen LogP contribution in [0, 0.1) is 6.92 Å². The summed E-state index contributed by atoms with van der Waals surface area (Å²) in [6.45, 7) is 4.87. The lowest BCUT2D eigenvalue weighted by Gasteiger charge is -2.13. The smallest absolute Gasteiger partial charge is 0.229 e. The second-order valence-electron chi connectivity index (χ2n) is 7.87. The highest BCUT2D eigenvalue weighted by atomic mass is 15.3. The van der Waals surface area contributed by atoms with Crippen LogP contribution >= 0.6 is 0 Å². The van der Waals surface area contributed by atoms with E-state index in [1.165, 1.54) is 5.56 Å². The van der Waals surface area contributed by atoms with Crippen LogP contribution in [-0.4, -0.2) is 53.6 Å². The molecule has 30 heavy (non-hydrogen) atoms. The molecule has 1 saturated heterocycles. The lowest BCUT2D eigenvalue weighted by atomic mass is 10.2. The SMILES string of the molecule is Cc1nn(-c2ccnc(Nc3ccc4c(cnn4C)c3)n2)cc1CN1CCC(N)C1. The Morgan fingerprint density at radius 1 is 1.27 bits per heavy atom. The van der Waals surface area contributed by atoms with Gasteiger partial charge in [-0.05, 0) is 31.5 Å². The Labute approximate surface area is 174 Å². The molecule has 0 radical (unpaired) electrons. The van der Waals surface area contributed by atoms with Gasteiger partial charge in [0, 0.05) is 67.8 Å². The predicted molar refractivity (Wildman–Crippen MR) is 116 cm³/mol. The first-order valence-corrected chi connectivity index (χ1v) is 10.1. The van der Waals surface area contributed by atoms with E-state index in [0.29, 0.717) is 5.95 Å². The molecule has 1 aliphatic rings. The van der Waals surface area contributed by atoms with Crippen LogP contribution in [0.5, 0.6) is 0 Å². The first kappa shape index (κ1) is 18.7. The third-order valence-corrected chi connectivity index (χ3v) is 5.58. The molecule has 0 bridgehead atoms. The summed E-state index contributed by atoms with van der Waals surface area (Å²) in [5.41, 5.74) is 10.2. The fraction of sp³-hybridized carbons (Fsp3) is 0.333.